The lowest BCUT2D eigenvalue weighted by Gasteiger charge is -2.27. The van der Waals surface area contributed by atoms with Gasteiger partial charge < -0.3 is 19.5 Å². The van der Waals surface area contributed by atoms with Crippen molar-refractivity contribution in [2.45, 2.75) is 51.4 Å². The number of rotatable bonds is 6. The molecule has 0 aliphatic carbocycles. The van der Waals surface area contributed by atoms with E-state index in [1.54, 1.807) is 19.9 Å². The molecule has 1 N–H and O–H groups in total. The third-order valence-electron chi connectivity index (χ3n) is 4.61. The minimum Gasteiger partial charge on any atom is -0.491 e. The van der Waals surface area contributed by atoms with Gasteiger partial charge >= 0.3 is 6.36 Å². The van der Waals surface area contributed by atoms with Crippen LogP contribution >= 0.6 is 0 Å². The highest BCUT2D eigenvalue weighted by atomic mass is 19.4. The van der Waals surface area contributed by atoms with Crippen LogP contribution in [0.4, 0.5) is 17.6 Å². The molecule has 2 aromatic carbocycles. The van der Waals surface area contributed by atoms with Crippen LogP contribution in [0, 0.1) is 5.82 Å². The van der Waals surface area contributed by atoms with Gasteiger partial charge in [0.2, 0.25) is 0 Å². The van der Waals surface area contributed by atoms with Gasteiger partial charge in [0.15, 0.2) is 0 Å². The maximum Gasteiger partial charge on any atom is 0.573 e. The summed E-state index contributed by atoms with van der Waals surface area (Å²) in [5.41, 5.74) is 0.660. The number of halogens is 4. The summed E-state index contributed by atoms with van der Waals surface area (Å²) >= 11 is 0. The van der Waals surface area contributed by atoms with Crippen LogP contribution in [0.5, 0.6) is 11.5 Å². The Morgan fingerprint density at radius 3 is 2.43 bits per heavy atom. The predicted molar refractivity (Wildman–Crippen MR) is 99.2 cm³/mol. The highest BCUT2D eigenvalue weighted by Crippen LogP contribution is 2.40. The quantitative estimate of drug-likeness (QED) is 0.697. The molecule has 1 heterocycles. The van der Waals surface area contributed by atoms with E-state index in [0.29, 0.717) is 5.56 Å². The lowest BCUT2D eigenvalue weighted by molar-refractivity contribution is -0.274. The molecule has 1 fully saturated rings. The molecule has 5 nitrogen and oxygen atoms in total. The minimum absolute atomic E-state index is 0.0243. The molecule has 30 heavy (non-hydrogen) atoms. The molecule has 0 aromatic heterocycles. The summed E-state index contributed by atoms with van der Waals surface area (Å²) in [4.78, 5) is 13.8. The summed E-state index contributed by atoms with van der Waals surface area (Å²) in [6.07, 6.45) is -6.38. The van der Waals surface area contributed by atoms with Crippen molar-refractivity contribution in [3.05, 3.63) is 59.4 Å². The highest BCUT2D eigenvalue weighted by Gasteiger charge is 2.41. The fourth-order valence-electron chi connectivity index (χ4n) is 3.44. The van der Waals surface area contributed by atoms with E-state index in [1.165, 1.54) is 29.2 Å². The summed E-state index contributed by atoms with van der Waals surface area (Å²) in [7, 11) is 0. The van der Waals surface area contributed by atoms with E-state index in [0.717, 1.165) is 12.1 Å². The third-order valence-corrected chi connectivity index (χ3v) is 4.61. The highest BCUT2D eigenvalue weighted by molar-refractivity contribution is 5.83. The first-order chi connectivity index (χ1) is 14.0. The second-order valence-electron chi connectivity index (χ2n) is 7.24. The number of amides is 1. The number of alkyl halides is 3. The lowest BCUT2D eigenvalue weighted by atomic mass is 10.0. The maximum atomic E-state index is 14.7. The second-order valence-corrected chi connectivity index (χ2v) is 7.24. The Balaban J connectivity index is 1.88. The first-order valence-corrected chi connectivity index (χ1v) is 9.33. The van der Waals surface area contributed by atoms with E-state index in [9.17, 15) is 27.5 Å². The van der Waals surface area contributed by atoms with Crippen molar-refractivity contribution in [2.75, 3.05) is 0 Å². The molecule has 0 bridgehead atoms. The molecule has 9 heteroatoms. The largest absolute Gasteiger partial charge is 0.573 e. The van der Waals surface area contributed by atoms with Gasteiger partial charge in [0.25, 0.3) is 5.91 Å². The molecule has 0 saturated carbocycles. The average molecular weight is 427 g/mol. The maximum absolute atomic E-state index is 14.7. The molecule has 1 amide bonds. The Labute approximate surface area is 170 Å². The van der Waals surface area contributed by atoms with Crippen LogP contribution in [0.1, 0.15) is 37.4 Å². The van der Waals surface area contributed by atoms with E-state index >= 15 is 0 Å². The molecule has 2 aromatic rings. The van der Waals surface area contributed by atoms with Gasteiger partial charge in [-0.2, -0.15) is 0 Å². The number of aliphatic hydroxyl groups excluding tert-OH is 1. The zero-order chi connectivity index (χ0) is 22.1. The van der Waals surface area contributed by atoms with Crippen molar-refractivity contribution < 1.29 is 36.9 Å². The fourth-order valence-corrected chi connectivity index (χ4v) is 3.44. The number of aliphatic hydroxyl groups is 1. The summed E-state index contributed by atoms with van der Waals surface area (Å²) < 4.78 is 61.2. The van der Waals surface area contributed by atoms with Gasteiger partial charge in [0, 0.05) is 13.0 Å². The van der Waals surface area contributed by atoms with Crippen molar-refractivity contribution in [1.29, 1.82) is 0 Å². The third kappa shape index (κ3) is 5.02. The first kappa shape index (κ1) is 21.9. The number of ether oxygens (including phenoxy) is 2. The van der Waals surface area contributed by atoms with Crippen LogP contribution in [0.3, 0.4) is 0 Å². The number of hydrogen-bond donors (Lipinski definition) is 1. The number of carbonyl (C=O) groups is 1. The van der Waals surface area contributed by atoms with Gasteiger partial charge in [0.1, 0.15) is 23.4 Å². The molecule has 2 unspecified atom stereocenters. The Morgan fingerprint density at radius 1 is 1.17 bits per heavy atom. The van der Waals surface area contributed by atoms with Crippen molar-refractivity contribution >= 4 is 5.91 Å². The number of nitrogens with zero attached hydrogens (tertiary/aromatic N) is 1. The standard InChI is InChI=1S/C21H21F4NO4/c1-12(2)29-18-5-3-4-15(22)19(18)16-10-17(27)20(28)26(16)11-13-6-8-14(9-7-13)30-21(23,24)25/h3-9,12,16-17,27H,10-11H2,1-2H3. The summed E-state index contributed by atoms with van der Waals surface area (Å²) in [6.45, 7) is 3.54. The molecule has 162 valence electrons. The van der Waals surface area contributed by atoms with E-state index in [1.807, 2.05) is 0 Å². The number of likely N-dealkylation sites (tertiary alicyclic amines) is 1. The van der Waals surface area contributed by atoms with Crippen LogP contribution in [0.2, 0.25) is 0 Å². The van der Waals surface area contributed by atoms with Gasteiger partial charge in [-0.1, -0.05) is 18.2 Å². The number of carbonyl (C=O) groups excluding carboxylic acids is 1. The van der Waals surface area contributed by atoms with E-state index in [-0.39, 0.29) is 30.4 Å². The Morgan fingerprint density at radius 2 is 1.83 bits per heavy atom. The summed E-state index contributed by atoms with van der Waals surface area (Å²) in [6, 6.07) is 8.57. The SMILES string of the molecule is CC(C)Oc1cccc(F)c1C1CC(O)C(=O)N1Cc1ccc(OC(F)(F)F)cc1. The van der Waals surface area contributed by atoms with Crippen LogP contribution in [-0.2, 0) is 11.3 Å². The monoisotopic (exact) mass is 427 g/mol. The van der Waals surface area contributed by atoms with Crippen molar-refractivity contribution in [3.8, 4) is 11.5 Å². The van der Waals surface area contributed by atoms with Crippen molar-refractivity contribution in [1.82, 2.24) is 4.90 Å². The molecule has 3 rings (SSSR count). The zero-order valence-corrected chi connectivity index (χ0v) is 16.3. The topological polar surface area (TPSA) is 59.0 Å². The molecule has 1 aliphatic heterocycles. The first-order valence-electron chi connectivity index (χ1n) is 9.33. The van der Waals surface area contributed by atoms with Crippen molar-refractivity contribution in [3.63, 3.8) is 0 Å². The average Bonchev–Trinajstić information content (AvgIpc) is 2.90. The molecular formula is C21H21F4NO4. The molecule has 0 spiro atoms. The van der Waals surface area contributed by atoms with Crippen molar-refractivity contribution in [2.24, 2.45) is 0 Å². The fraction of sp³-hybridized carbons (Fsp3) is 0.381. The van der Waals surface area contributed by atoms with Gasteiger partial charge in [-0.15, -0.1) is 13.2 Å². The van der Waals surface area contributed by atoms with E-state index in [2.05, 4.69) is 4.74 Å². The Bertz CT molecular complexity index is 899. The van der Waals surface area contributed by atoms with Gasteiger partial charge in [0.05, 0.1) is 17.7 Å². The summed E-state index contributed by atoms with van der Waals surface area (Å²) in [5.74, 6) is -1.28. The minimum atomic E-state index is -4.81. The molecule has 0 radical (unpaired) electrons. The van der Waals surface area contributed by atoms with Crippen LogP contribution in [0.25, 0.3) is 0 Å². The van der Waals surface area contributed by atoms with Gasteiger partial charge in [-0.3, -0.25) is 4.79 Å². The molecule has 2 atom stereocenters. The molecular weight excluding hydrogens is 406 g/mol. The van der Waals surface area contributed by atoms with Gasteiger partial charge in [-0.25, -0.2) is 4.39 Å². The Kier molecular flexibility index (Phi) is 6.21. The van der Waals surface area contributed by atoms with Crippen LogP contribution < -0.4 is 9.47 Å². The molecule has 1 aliphatic rings. The summed E-state index contributed by atoms with van der Waals surface area (Å²) in [5, 5.41) is 10.1. The second kappa shape index (κ2) is 8.51. The Hall–Kier alpha value is -2.81. The van der Waals surface area contributed by atoms with Gasteiger partial charge in [-0.05, 0) is 43.7 Å². The van der Waals surface area contributed by atoms with E-state index < -0.39 is 36.0 Å². The van der Waals surface area contributed by atoms with Crippen LogP contribution in [-0.4, -0.2) is 34.5 Å². The smallest absolute Gasteiger partial charge is 0.491 e. The van der Waals surface area contributed by atoms with Crippen LogP contribution in [0.15, 0.2) is 42.5 Å². The van der Waals surface area contributed by atoms with E-state index in [4.69, 9.17) is 4.74 Å². The number of benzene rings is 2. The lowest BCUT2D eigenvalue weighted by Crippen LogP contribution is -2.31. The number of hydrogen-bond acceptors (Lipinski definition) is 4. The predicted octanol–water partition coefficient (Wildman–Crippen LogP) is 4.35. The normalized spacial score (nSPS) is 19.5. The molecule has 1 saturated heterocycles. The zero-order valence-electron chi connectivity index (χ0n) is 16.3.